The molecule has 0 unspecified atom stereocenters. The fourth-order valence-corrected chi connectivity index (χ4v) is 0.886. The van der Waals surface area contributed by atoms with E-state index in [0.717, 1.165) is 25.1 Å². The predicted molar refractivity (Wildman–Crippen MR) is 48.3 cm³/mol. The third kappa shape index (κ3) is 3.15. The first kappa shape index (κ1) is 17.2. The SMILES string of the molecule is CN(C)/C=C(/C#N)C(=O)C(F)(F)C(F)(F)C(F)(F)F. The van der Waals surface area contributed by atoms with Crippen molar-refractivity contribution in [1.82, 2.24) is 4.90 Å². The molecule has 0 atom stereocenters. The van der Waals surface area contributed by atoms with Gasteiger partial charge in [0.05, 0.1) is 0 Å². The van der Waals surface area contributed by atoms with Crippen LogP contribution in [0, 0.1) is 11.3 Å². The number of carbonyl (C=O) groups is 1. The summed E-state index contributed by atoms with van der Waals surface area (Å²) in [7, 11) is 2.31. The molecule has 0 saturated carbocycles. The summed E-state index contributed by atoms with van der Waals surface area (Å²) in [6.45, 7) is 0. The van der Waals surface area contributed by atoms with E-state index in [1.807, 2.05) is 0 Å². The second-order valence-electron chi connectivity index (χ2n) is 3.59. The number of rotatable bonds is 4. The lowest BCUT2D eigenvalue weighted by atomic mass is 10.0. The van der Waals surface area contributed by atoms with E-state index in [0.29, 0.717) is 6.20 Å². The Balaban J connectivity index is 5.70. The Bertz CT molecular complexity index is 431. The van der Waals surface area contributed by atoms with Gasteiger partial charge in [0.2, 0.25) is 0 Å². The molecule has 0 aliphatic carbocycles. The van der Waals surface area contributed by atoms with E-state index in [1.54, 1.807) is 0 Å². The molecule has 0 aliphatic heterocycles. The first-order chi connectivity index (χ1) is 8.29. The Morgan fingerprint density at radius 3 is 1.79 bits per heavy atom. The third-order valence-corrected chi connectivity index (χ3v) is 1.79. The standard InChI is InChI=1S/C9H7F7N2O/c1-18(2)4-5(3-17)6(19)7(10,11)8(12,13)9(14,15)16/h4H,1-2H3/b5-4-. The Hall–Kier alpha value is -1.79. The molecule has 0 N–H and O–H groups in total. The lowest BCUT2D eigenvalue weighted by Crippen LogP contribution is -2.56. The number of ketones is 1. The molecule has 0 saturated heterocycles. The highest BCUT2D eigenvalue weighted by molar-refractivity contribution is 6.04. The normalized spacial score (nSPS) is 14.0. The van der Waals surface area contributed by atoms with E-state index in [-0.39, 0.29) is 0 Å². The third-order valence-electron chi connectivity index (χ3n) is 1.79. The first-order valence-electron chi connectivity index (χ1n) is 4.44. The highest BCUT2D eigenvalue weighted by Crippen LogP contribution is 2.47. The van der Waals surface area contributed by atoms with Crippen LogP contribution in [0.2, 0.25) is 0 Å². The maximum atomic E-state index is 12.9. The molecule has 19 heavy (non-hydrogen) atoms. The topological polar surface area (TPSA) is 44.1 Å². The summed E-state index contributed by atoms with van der Waals surface area (Å²) in [6, 6.07) is 0.852. The van der Waals surface area contributed by atoms with Crippen LogP contribution in [-0.2, 0) is 4.79 Å². The van der Waals surface area contributed by atoms with Crippen LogP contribution < -0.4 is 0 Å². The Kier molecular flexibility index (Phi) is 4.59. The molecule has 108 valence electrons. The number of alkyl halides is 7. The van der Waals surface area contributed by atoms with Crippen LogP contribution in [0.25, 0.3) is 0 Å². The lowest BCUT2D eigenvalue weighted by Gasteiger charge is -2.26. The van der Waals surface area contributed by atoms with Crippen LogP contribution in [0.4, 0.5) is 30.7 Å². The van der Waals surface area contributed by atoms with Crippen LogP contribution in [0.3, 0.4) is 0 Å². The fraction of sp³-hybridized carbons (Fsp3) is 0.556. The highest BCUT2D eigenvalue weighted by Gasteiger charge is 2.76. The van der Waals surface area contributed by atoms with Gasteiger partial charge in [0, 0.05) is 20.3 Å². The van der Waals surface area contributed by atoms with Crippen molar-refractivity contribution in [3.8, 4) is 6.07 Å². The van der Waals surface area contributed by atoms with E-state index in [4.69, 9.17) is 5.26 Å². The monoisotopic (exact) mass is 292 g/mol. The molecule has 3 nitrogen and oxygen atoms in total. The average molecular weight is 292 g/mol. The van der Waals surface area contributed by atoms with Crippen molar-refractivity contribution in [2.45, 2.75) is 18.0 Å². The Labute approximate surface area is 102 Å². The number of Topliss-reactive ketones (excluding diaryl/α,β-unsaturated/α-hetero) is 1. The van der Waals surface area contributed by atoms with Crippen molar-refractivity contribution >= 4 is 5.78 Å². The maximum absolute atomic E-state index is 12.9. The predicted octanol–water partition coefficient (Wildman–Crippen LogP) is 2.36. The number of nitrogens with zero attached hydrogens (tertiary/aromatic N) is 2. The number of hydrogen-bond acceptors (Lipinski definition) is 3. The van der Waals surface area contributed by atoms with Crippen LogP contribution in [-0.4, -0.2) is 42.8 Å². The van der Waals surface area contributed by atoms with Gasteiger partial charge in [0.1, 0.15) is 11.6 Å². The van der Waals surface area contributed by atoms with E-state index >= 15 is 0 Å². The second kappa shape index (κ2) is 5.07. The van der Waals surface area contributed by atoms with Crippen molar-refractivity contribution < 1.29 is 35.5 Å². The molecular weight excluding hydrogens is 285 g/mol. The molecule has 0 bridgehead atoms. The van der Waals surface area contributed by atoms with Gasteiger partial charge >= 0.3 is 18.0 Å². The largest absolute Gasteiger partial charge is 0.460 e. The summed E-state index contributed by atoms with van der Waals surface area (Å²) >= 11 is 0. The smallest absolute Gasteiger partial charge is 0.382 e. The molecule has 0 amide bonds. The zero-order valence-corrected chi connectivity index (χ0v) is 9.53. The van der Waals surface area contributed by atoms with Gasteiger partial charge in [0.25, 0.3) is 5.78 Å². The van der Waals surface area contributed by atoms with Crippen LogP contribution in [0.1, 0.15) is 0 Å². The summed E-state index contributed by atoms with van der Waals surface area (Å²) in [6.07, 6.45) is -6.20. The number of hydrogen-bond donors (Lipinski definition) is 0. The van der Waals surface area contributed by atoms with Crippen molar-refractivity contribution in [2.24, 2.45) is 0 Å². The number of allylic oxidation sites excluding steroid dienone is 1. The van der Waals surface area contributed by atoms with E-state index in [1.165, 1.54) is 0 Å². The minimum Gasteiger partial charge on any atom is -0.382 e. The van der Waals surface area contributed by atoms with Gasteiger partial charge in [-0.1, -0.05) is 0 Å². The van der Waals surface area contributed by atoms with Crippen molar-refractivity contribution in [3.05, 3.63) is 11.8 Å². The molecule has 10 heteroatoms. The Morgan fingerprint density at radius 2 is 1.53 bits per heavy atom. The van der Waals surface area contributed by atoms with Gasteiger partial charge in [0.15, 0.2) is 0 Å². The number of carbonyl (C=O) groups excluding carboxylic acids is 1. The van der Waals surface area contributed by atoms with Gasteiger partial charge in [-0.2, -0.15) is 36.0 Å². The molecule has 0 fully saturated rings. The molecule has 0 aromatic carbocycles. The number of halogens is 7. The minimum atomic E-state index is -6.62. The highest BCUT2D eigenvalue weighted by atomic mass is 19.4. The quantitative estimate of drug-likeness (QED) is 0.454. The van der Waals surface area contributed by atoms with Crippen LogP contribution >= 0.6 is 0 Å². The lowest BCUT2D eigenvalue weighted by molar-refractivity contribution is -0.342. The molecular formula is C9H7F7N2O. The maximum Gasteiger partial charge on any atom is 0.460 e. The van der Waals surface area contributed by atoms with Crippen molar-refractivity contribution in [3.63, 3.8) is 0 Å². The van der Waals surface area contributed by atoms with E-state index in [2.05, 4.69) is 0 Å². The summed E-state index contributed by atoms with van der Waals surface area (Å²) in [4.78, 5) is 11.9. The van der Waals surface area contributed by atoms with Gasteiger partial charge < -0.3 is 4.90 Å². The van der Waals surface area contributed by atoms with Gasteiger partial charge in [-0.3, -0.25) is 4.79 Å². The summed E-state index contributed by atoms with van der Waals surface area (Å²) in [5.74, 6) is -15.5. The summed E-state index contributed by atoms with van der Waals surface area (Å²) in [5, 5.41) is 8.35. The minimum absolute atomic E-state index is 0.419. The molecule has 0 aliphatic rings. The van der Waals surface area contributed by atoms with Gasteiger partial charge in [-0.15, -0.1) is 0 Å². The Morgan fingerprint density at radius 1 is 1.11 bits per heavy atom. The molecule has 0 spiro atoms. The van der Waals surface area contributed by atoms with Gasteiger partial charge in [-0.25, -0.2) is 0 Å². The van der Waals surface area contributed by atoms with Crippen LogP contribution in [0.15, 0.2) is 11.8 Å². The fourth-order valence-electron chi connectivity index (χ4n) is 0.886. The molecule has 0 radical (unpaired) electrons. The van der Waals surface area contributed by atoms with Crippen molar-refractivity contribution in [1.29, 1.82) is 5.26 Å². The summed E-state index contributed by atoms with van der Waals surface area (Å²) < 4.78 is 86.5. The molecule has 0 aromatic heterocycles. The van der Waals surface area contributed by atoms with E-state index in [9.17, 15) is 35.5 Å². The van der Waals surface area contributed by atoms with E-state index < -0.39 is 29.4 Å². The summed E-state index contributed by atoms with van der Waals surface area (Å²) in [5.41, 5.74) is -1.51. The number of nitriles is 1. The van der Waals surface area contributed by atoms with Crippen molar-refractivity contribution in [2.75, 3.05) is 14.1 Å². The average Bonchev–Trinajstić information content (AvgIpc) is 2.22. The first-order valence-corrected chi connectivity index (χ1v) is 4.44. The van der Waals surface area contributed by atoms with Crippen LogP contribution in [0.5, 0.6) is 0 Å². The zero-order chi connectivity index (χ0) is 15.6. The molecule has 0 aromatic rings. The second-order valence-corrected chi connectivity index (χ2v) is 3.59. The van der Waals surface area contributed by atoms with Gasteiger partial charge in [-0.05, 0) is 0 Å². The zero-order valence-electron chi connectivity index (χ0n) is 9.53. The molecule has 0 heterocycles. The molecule has 0 rings (SSSR count).